The highest BCUT2D eigenvalue weighted by Gasteiger charge is 2.31. The van der Waals surface area contributed by atoms with Crippen LogP contribution in [0, 0.1) is 5.82 Å². The van der Waals surface area contributed by atoms with Gasteiger partial charge in [-0.3, -0.25) is 14.5 Å². The number of amides is 1. The van der Waals surface area contributed by atoms with Gasteiger partial charge in [0.05, 0.1) is 30.4 Å². The molecule has 3 aromatic heterocycles. The average Bonchev–Trinajstić information content (AvgIpc) is 3.22. The topological polar surface area (TPSA) is 97.6 Å². The molecule has 0 radical (unpaired) electrons. The second-order valence-electron chi connectivity index (χ2n) is 7.86. The van der Waals surface area contributed by atoms with Crippen molar-refractivity contribution in [3.05, 3.63) is 71.6 Å². The van der Waals surface area contributed by atoms with E-state index in [-0.39, 0.29) is 17.5 Å². The van der Waals surface area contributed by atoms with E-state index in [1.807, 2.05) is 6.92 Å². The summed E-state index contributed by atoms with van der Waals surface area (Å²) in [5.41, 5.74) is 0.808. The fourth-order valence-corrected chi connectivity index (χ4v) is 3.46. The van der Waals surface area contributed by atoms with Crippen LogP contribution in [-0.2, 0) is 23.9 Å². The number of carbonyl (C=O) groups is 1. The SMILES string of the molecule is CCn1cc2ncc(N[C@@H](C)c3cc(NC(=O)Cc4cncc(C(F)(F)F)c4)ccc3F)nc2n1. The summed E-state index contributed by atoms with van der Waals surface area (Å²) in [6, 6.07) is 4.35. The van der Waals surface area contributed by atoms with E-state index in [2.05, 4.69) is 30.7 Å². The first-order valence-electron chi connectivity index (χ1n) is 10.7. The summed E-state index contributed by atoms with van der Waals surface area (Å²) in [5.74, 6) is -0.668. The zero-order chi connectivity index (χ0) is 25.2. The van der Waals surface area contributed by atoms with Gasteiger partial charge < -0.3 is 10.6 Å². The number of nitrogens with one attached hydrogen (secondary N) is 2. The molecule has 3 heterocycles. The van der Waals surface area contributed by atoms with E-state index in [1.165, 1.54) is 30.6 Å². The second kappa shape index (κ2) is 9.65. The molecule has 0 aliphatic heterocycles. The molecule has 0 aliphatic carbocycles. The molecule has 12 heteroatoms. The van der Waals surface area contributed by atoms with Crippen LogP contribution in [0.5, 0.6) is 0 Å². The molecule has 0 saturated carbocycles. The Balaban J connectivity index is 1.46. The molecule has 0 saturated heterocycles. The highest BCUT2D eigenvalue weighted by molar-refractivity contribution is 5.92. The molecule has 4 aromatic rings. The van der Waals surface area contributed by atoms with Gasteiger partial charge in [-0.1, -0.05) is 0 Å². The van der Waals surface area contributed by atoms with E-state index in [4.69, 9.17) is 0 Å². The van der Waals surface area contributed by atoms with Gasteiger partial charge in [0, 0.05) is 30.2 Å². The minimum Gasteiger partial charge on any atom is -0.362 e. The molecule has 0 bridgehead atoms. The molecule has 0 unspecified atom stereocenters. The van der Waals surface area contributed by atoms with Crippen LogP contribution in [0.2, 0.25) is 0 Å². The molecule has 0 aliphatic rings. The van der Waals surface area contributed by atoms with E-state index >= 15 is 0 Å². The molecule has 1 atom stereocenters. The number of hydrogen-bond donors (Lipinski definition) is 2. The largest absolute Gasteiger partial charge is 0.417 e. The van der Waals surface area contributed by atoms with Crippen molar-refractivity contribution in [3.8, 4) is 0 Å². The van der Waals surface area contributed by atoms with Crippen molar-refractivity contribution in [2.75, 3.05) is 10.6 Å². The Kier molecular flexibility index (Phi) is 6.63. The predicted octanol–water partition coefficient (Wildman–Crippen LogP) is 4.75. The number of pyridine rings is 1. The molecular weight excluding hydrogens is 466 g/mol. The summed E-state index contributed by atoms with van der Waals surface area (Å²) in [7, 11) is 0. The molecule has 35 heavy (non-hydrogen) atoms. The van der Waals surface area contributed by atoms with Crippen molar-refractivity contribution in [1.29, 1.82) is 0 Å². The number of anilines is 2. The number of fused-ring (bicyclic) bond motifs is 1. The summed E-state index contributed by atoms with van der Waals surface area (Å²) in [6.45, 7) is 4.33. The van der Waals surface area contributed by atoms with Crippen molar-refractivity contribution < 1.29 is 22.4 Å². The standard InChI is InChI=1S/C23H21F4N7O/c1-3-34-12-19-22(33-34)32-20(11-29-19)30-13(2)17-8-16(4-5-18(17)24)31-21(35)7-14-6-15(10-28-9-14)23(25,26)27/h4-6,8-13H,3,7H2,1-2H3,(H,31,35)(H,30,32,33)/t13-/m0/s1. The summed E-state index contributed by atoms with van der Waals surface area (Å²) in [5, 5.41) is 9.96. The van der Waals surface area contributed by atoms with E-state index in [0.29, 0.717) is 35.4 Å². The lowest BCUT2D eigenvalue weighted by atomic mass is 10.1. The molecule has 2 N–H and O–H groups in total. The van der Waals surface area contributed by atoms with E-state index in [0.717, 1.165) is 6.07 Å². The zero-order valence-corrected chi connectivity index (χ0v) is 18.8. The number of aromatic nitrogens is 5. The third-order valence-electron chi connectivity index (χ3n) is 5.20. The fraction of sp³-hybridized carbons (Fsp3) is 0.261. The van der Waals surface area contributed by atoms with Gasteiger partial charge in [0.25, 0.3) is 0 Å². The van der Waals surface area contributed by atoms with Crippen LogP contribution in [-0.4, -0.2) is 30.6 Å². The Morgan fingerprint density at radius 3 is 2.71 bits per heavy atom. The van der Waals surface area contributed by atoms with Crippen LogP contribution >= 0.6 is 0 Å². The van der Waals surface area contributed by atoms with Crippen LogP contribution in [0.15, 0.2) is 49.1 Å². The van der Waals surface area contributed by atoms with Crippen LogP contribution in [0.4, 0.5) is 29.1 Å². The third kappa shape index (κ3) is 5.70. The van der Waals surface area contributed by atoms with Crippen molar-refractivity contribution >= 4 is 28.6 Å². The lowest BCUT2D eigenvalue weighted by molar-refractivity contribution is -0.138. The van der Waals surface area contributed by atoms with Gasteiger partial charge in [0.15, 0.2) is 0 Å². The molecule has 4 rings (SSSR count). The third-order valence-corrected chi connectivity index (χ3v) is 5.20. The van der Waals surface area contributed by atoms with Gasteiger partial charge in [0.2, 0.25) is 11.6 Å². The molecule has 0 fully saturated rings. The van der Waals surface area contributed by atoms with Crippen LogP contribution in [0.1, 0.15) is 36.6 Å². The number of halogens is 4. The van der Waals surface area contributed by atoms with Crippen molar-refractivity contribution in [3.63, 3.8) is 0 Å². The first kappa shape index (κ1) is 24.0. The Morgan fingerprint density at radius 2 is 1.97 bits per heavy atom. The van der Waals surface area contributed by atoms with Crippen LogP contribution < -0.4 is 10.6 Å². The maximum Gasteiger partial charge on any atom is 0.417 e. The van der Waals surface area contributed by atoms with Crippen molar-refractivity contribution in [2.24, 2.45) is 0 Å². The summed E-state index contributed by atoms with van der Waals surface area (Å²) in [4.78, 5) is 24.6. The first-order valence-corrected chi connectivity index (χ1v) is 10.7. The Bertz CT molecular complexity index is 1370. The number of nitrogens with zero attached hydrogens (tertiary/aromatic N) is 5. The van der Waals surface area contributed by atoms with Crippen molar-refractivity contribution in [2.45, 2.75) is 39.0 Å². The first-order chi connectivity index (χ1) is 16.6. The highest BCUT2D eigenvalue weighted by Crippen LogP contribution is 2.29. The Hall–Kier alpha value is -4.09. The zero-order valence-electron chi connectivity index (χ0n) is 18.8. The van der Waals surface area contributed by atoms with Gasteiger partial charge in [0.1, 0.15) is 17.2 Å². The number of benzene rings is 1. The smallest absolute Gasteiger partial charge is 0.362 e. The molecular formula is C23H21F4N7O. The predicted molar refractivity (Wildman–Crippen MR) is 121 cm³/mol. The summed E-state index contributed by atoms with van der Waals surface area (Å²) < 4.78 is 54.9. The highest BCUT2D eigenvalue weighted by atomic mass is 19.4. The lowest BCUT2D eigenvalue weighted by Crippen LogP contribution is -2.16. The second-order valence-corrected chi connectivity index (χ2v) is 7.86. The van der Waals surface area contributed by atoms with Gasteiger partial charge in [-0.15, -0.1) is 0 Å². The normalized spacial score (nSPS) is 12.5. The van der Waals surface area contributed by atoms with Gasteiger partial charge in [-0.2, -0.15) is 18.3 Å². The monoisotopic (exact) mass is 487 g/mol. The van der Waals surface area contributed by atoms with Gasteiger partial charge in [-0.25, -0.2) is 14.4 Å². The Labute approximate surface area is 197 Å². The molecule has 0 spiro atoms. The van der Waals surface area contributed by atoms with Gasteiger partial charge in [-0.05, 0) is 43.7 Å². The lowest BCUT2D eigenvalue weighted by Gasteiger charge is -2.17. The fourth-order valence-electron chi connectivity index (χ4n) is 3.46. The number of rotatable bonds is 7. The minimum atomic E-state index is -4.56. The van der Waals surface area contributed by atoms with Crippen LogP contribution in [0.25, 0.3) is 11.2 Å². The number of aryl methyl sites for hydroxylation is 1. The van der Waals surface area contributed by atoms with E-state index in [9.17, 15) is 22.4 Å². The minimum absolute atomic E-state index is 0.106. The van der Waals surface area contributed by atoms with Gasteiger partial charge >= 0.3 is 6.18 Å². The maximum atomic E-state index is 14.5. The Morgan fingerprint density at radius 1 is 1.17 bits per heavy atom. The number of alkyl halides is 3. The average molecular weight is 487 g/mol. The molecule has 1 amide bonds. The van der Waals surface area contributed by atoms with E-state index < -0.39 is 29.5 Å². The quantitative estimate of drug-likeness (QED) is 0.365. The summed E-state index contributed by atoms with van der Waals surface area (Å²) in [6.07, 6.45) is 0.304. The summed E-state index contributed by atoms with van der Waals surface area (Å²) >= 11 is 0. The molecule has 182 valence electrons. The molecule has 8 nitrogen and oxygen atoms in total. The van der Waals surface area contributed by atoms with Crippen molar-refractivity contribution in [1.82, 2.24) is 24.7 Å². The molecule has 1 aromatic carbocycles. The number of hydrogen-bond acceptors (Lipinski definition) is 6. The van der Waals surface area contributed by atoms with Crippen LogP contribution in [0.3, 0.4) is 0 Å². The number of carbonyl (C=O) groups excluding carboxylic acids is 1. The maximum absolute atomic E-state index is 14.5. The van der Waals surface area contributed by atoms with E-state index in [1.54, 1.807) is 17.8 Å².